The fourth-order valence-corrected chi connectivity index (χ4v) is 3.74. The van der Waals surface area contributed by atoms with Crippen molar-refractivity contribution in [1.29, 1.82) is 0 Å². The number of hydrogen-bond donors (Lipinski definition) is 0. The largest absolute Gasteiger partial charge is 0.336 e. The van der Waals surface area contributed by atoms with Crippen molar-refractivity contribution in [3.63, 3.8) is 0 Å². The second-order valence-electron chi connectivity index (χ2n) is 6.73. The van der Waals surface area contributed by atoms with Crippen molar-refractivity contribution < 1.29 is 4.79 Å². The molecule has 1 saturated carbocycles. The molecule has 0 N–H and O–H groups in total. The van der Waals surface area contributed by atoms with E-state index >= 15 is 0 Å². The van der Waals surface area contributed by atoms with Crippen LogP contribution in [0.3, 0.4) is 0 Å². The zero-order valence-electron chi connectivity index (χ0n) is 13.0. The maximum Gasteiger partial charge on any atom is 0.273 e. The van der Waals surface area contributed by atoms with Gasteiger partial charge in [-0.05, 0) is 31.1 Å². The molecule has 4 nitrogen and oxygen atoms in total. The molecule has 1 aromatic heterocycles. The fraction of sp³-hybridized carbons (Fsp3) is 0.750. The Hall–Kier alpha value is -0.940. The molecular formula is C16H25N3OS. The van der Waals surface area contributed by atoms with Gasteiger partial charge in [0.2, 0.25) is 0 Å². The van der Waals surface area contributed by atoms with Crippen LogP contribution >= 0.6 is 11.3 Å². The van der Waals surface area contributed by atoms with Gasteiger partial charge in [0.1, 0.15) is 5.69 Å². The van der Waals surface area contributed by atoms with Gasteiger partial charge in [0.25, 0.3) is 5.91 Å². The van der Waals surface area contributed by atoms with Crippen molar-refractivity contribution in [2.45, 2.75) is 39.2 Å². The molecular weight excluding hydrogens is 282 g/mol. The van der Waals surface area contributed by atoms with Gasteiger partial charge in [-0.3, -0.25) is 9.69 Å². The highest BCUT2D eigenvalue weighted by Gasteiger charge is 2.33. The van der Waals surface area contributed by atoms with E-state index in [0.29, 0.717) is 17.7 Å². The van der Waals surface area contributed by atoms with E-state index in [4.69, 9.17) is 0 Å². The van der Waals surface area contributed by atoms with E-state index in [2.05, 4.69) is 23.7 Å². The standard InChI is InChI=1S/C16H25N3OS/c1-12(2)15-9-19(16(20)14-10-21-11-17-14)7-3-6-18(15)8-13-4-5-13/h10-13,15H,3-9H2,1-2H3. The van der Waals surface area contributed by atoms with E-state index in [1.54, 1.807) is 5.51 Å². The maximum atomic E-state index is 12.6. The summed E-state index contributed by atoms with van der Waals surface area (Å²) < 4.78 is 0. The smallest absolute Gasteiger partial charge is 0.273 e. The zero-order chi connectivity index (χ0) is 14.8. The fourth-order valence-electron chi connectivity index (χ4n) is 3.22. The van der Waals surface area contributed by atoms with Gasteiger partial charge in [0.15, 0.2) is 0 Å². The molecule has 2 heterocycles. The molecule has 1 unspecified atom stereocenters. The molecule has 3 rings (SSSR count). The number of carbonyl (C=O) groups is 1. The molecule has 1 aliphatic carbocycles. The first kappa shape index (κ1) is 15.0. The number of thiazole rings is 1. The summed E-state index contributed by atoms with van der Waals surface area (Å²) in [6, 6.07) is 0.482. The molecule has 0 aromatic carbocycles. The van der Waals surface area contributed by atoms with Crippen molar-refractivity contribution in [2.75, 3.05) is 26.2 Å². The molecule has 1 saturated heterocycles. The van der Waals surface area contributed by atoms with E-state index in [9.17, 15) is 4.79 Å². The molecule has 0 bridgehead atoms. The predicted molar refractivity (Wildman–Crippen MR) is 85.6 cm³/mol. The Morgan fingerprint density at radius 3 is 2.86 bits per heavy atom. The first-order chi connectivity index (χ1) is 10.1. The van der Waals surface area contributed by atoms with Gasteiger partial charge >= 0.3 is 0 Å². The van der Waals surface area contributed by atoms with Gasteiger partial charge in [0.05, 0.1) is 5.51 Å². The molecule has 21 heavy (non-hydrogen) atoms. The predicted octanol–water partition coefficient (Wildman–Crippen LogP) is 2.73. The van der Waals surface area contributed by atoms with E-state index in [0.717, 1.165) is 32.0 Å². The second-order valence-corrected chi connectivity index (χ2v) is 7.45. The van der Waals surface area contributed by atoms with E-state index < -0.39 is 0 Å². The van der Waals surface area contributed by atoms with Gasteiger partial charge in [-0.25, -0.2) is 4.98 Å². The first-order valence-electron chi connectivity index (χ1n) is 8.06. The van der Waals surface area contributed by atoms with Crippen LogP contribution in [-0.4, -0.2) is 52.9 Å². The third-order valence-corrected chi connectivity index (χ3v) is 5.23. The maximum absolute atomic E-state index is 12.6. The topological polar surface area (TPSA) is 36.4 Å². The van der Waals surface area contributed by atoms with Crippen LogP contribution in [0.15, 0.2) is 10.9 Å². The number of amides is 1. The molecule has 116 valence electrons. The molecule has 2 fully saturated rings. The normalized spacial score (nSPS) is 24.3. The summed E-state index contributed by atoms with van der Waals surface area (Å²) in [6.45, 7) is 8.62. The molecule has 1 aliphatic heterocycles. The molecule has 1 amide bonds. The minimum absolute atomic E-state index is 0.107. The van der Waals surface area contributed by atoms with E-state index in [-0.39, 0.29) is 5.91 Å². The molecule has 1 aromatic rings. The molecule has 1 atom stereocenters. The van der Waals surface area contributed by atoms with Crippen molar-refractivity contribution in [2.24, 2.45) is 11.8 Å². The highest BCUT2D eigenvalue weighted by Crippen LogP contribution is 2.32. The molecule has 5 heteroatoms. The van der Waals surface area contributed by atoms with Crippen LogP contribution in [0.1, 0.15) is 43.6 Å². The van der Waals surface area contributed by atoms with Crippen molar-refractivity contribution in [1.82, 2.24) is 14.8 Å². The summed E-state index contributed by atoms with van der Waals surface area (Å²) in [5.74, 6) is 1.59. The lowest BCUT2D eigenvalue weighted by Crippen LogP contribution is -2.46. The number of hydrogen-bond acceptors (Lipinski definition) is 4. The Bertz CT molecular complexity index is 470. The SMILES string of the molecule is CC(C)C1CN(C(=O)c2cscn2)CCCN1CC1CC1. The lowest BCUT2D eigenvalue weighted by Gasteiger charge is -2.34. The second kappa shape index (κ2) is 6.44. The summed E-state index contributed by atoms with van der Waals surface area (Å²) in [6.07, 6.45) is 3.86. The molecule has 0 spiro atoms. The Morgan fingerprint density at radius 1 is 1.43 bits per heavy atom. The third-order valence-electron chi connectivity index (χ3n) is 4.65. The number of carbonyl (C=O) groups excluding carboxylic acids is 1. The van der Waals surface area contributed by atoms with Crippen molar-refractivity contribution >= 4 is 17.2 Å². The minimum atomic E-state index is 0.107. The van der Waals surface area contributed by atoms with Crippen molar-refractivity contribution in [3.8, 4) is 0 Å². The van der Waals surface area contributed by atoms with Gasteiger partial charge in [0, 0.05) is 37.6 Å². The Labute approximate surface area is 131 Å². The van der Waals surface area contributed by atoms with Crippen LogP contribution in [0.2, 0.25) is 0 Å². The van der Waals surface area contributed by atoms with Crippen LogP contribution in [0, 0.1) is 11.8 Å². The summed E-state index contributed by atoms with van der Waals surface area (Å²) >= 11 is 1.49. The number of rotatable bonds is 4. The Balaban J connectivity index is 1.70. The lowest BCUT2D eigenvalue weighted by atomic mass is 10.0. The van der Waals surface area contributed by atoms with Crippen LogP contribution in [0.4, 0.5) is 0 Å². The van der Waals surface area contributed by atoms with E-state index in [1.165, 1.54) is 30.7 Å². The van der Waals surface area contributed by atoms with Crippen molar-refractivity contribution in [3.05, 3.63) is 16.6 Å². The van der Waals surface area contributed by atoms with Gasteiger partial charge < -0.3 is 4.90 Å². The lowest BCUT2D eigenvalue weighted by molar-refractivity contribution is 0.0699. The zero-order valence-corrected chi connectivity index (χ0v) is 13.8. The van der Waals surface area contributed by atoms with Crippen LogP contribution in [0.25, 0.3) is 0 Å². The van der Waals surface area contributed by atoms with E-state index in [1.807, 2.05) is 10.3 Å². The van der Waals surface area contributed by atoms with Gasteiger partial charge in [-0.2, -0.15) is 0 Å². The molecule has 2 aliphatic rings. The highest BCUT2D eigenvalue weighted by molar-refractivity contribution is 7.07. The average Bonchev–Trinajstić information content (AvgIpc) is 3.16. The van der Waals surface area contributed by atoms with Crippen LogP contribution in [-0.2, 0) is 0 Å². The number of aromatic nitrogens is 1. The van der Waals surface area contributed by atoms with Gasteiger partial charge in [-0.15, -0.1) is 11.3 Å². The van der Waals surface area contributed by atoms with Gasteiger partial charge in [-0.1, -0.05) is 13.8 Å². The molecule has 0 radical (unpaired) electrons. The summed E-state index contributed by atoms with van der Waals surface area (Å²) in [5, 5.41) is 1.86. The van der Waals surface area contributed by atoms with Crippen LogP contribution < -0.4 is 0 Å². The number of nitrogens with zero attached hydrogens (tertiary/aromatic N) is 3. The summed E-state index contributed by atoms with van der Waals surface area (Å²) in [5.41, 5.74) is 2.35. The Kier molecular flexibility index (Phi) is 4.60. The quantitative estimate of drug-likeness (QED) is 0.858. The first-order valence-corrected chi connectivity index (χ1v) is 9.01. The average molecular weight is 307 g/mol. The highest BCUT2D eigenvalue weighted by atomic mass is 32.1. The summed E-state index contributed by atoms with van der Waals surface area (Å²) in [4.78, 5) is 21.4. The Morgan fingerprint density at radius 2 is 2.24 bits per heavy atom. The minimum Gasteiger partial charge on any atom is -0.336 e. The third kappa shape index (κ3) is 3.64. The van der Waals surface area contributed by atoms with Crippen LogP contribution in [0.5, 0.6) is 0 Å². The summed E-state index contributed by atoms with van der Waals surface area (Å²) in [7, 11) is 0. The monoisotopic (exact) mass is 307 g/mol.